The van der Waals surface area contributed by atoms with Crippen molar-refractivity contribution < 1.29 is 0 Å². The van der Waals surface area contributed by atoms with Crippen LogP contribution < -0.4 is 5.32 Å². The Morgan fingerprint density at radius 1 is 1.05 bits per heavy atom. The second-order valence-corrected chi connectivity index (χ2v) is 7.41. The molecule has 0 spiro atoms. The predicted molar refractivity (Wildman–Crippen MR) is 88.1 cm³/mol. The van der Waals surface area contributed by atoms with E-state index in [2.05, 4.69) is 31.0 Å². The van der Waals surface area contributed by atoms with Gasteiger partial charge in [-0.2, -0.15) is 0 Å². The van der Waals surface area contributed by atoms with E-state index in [-0.39, 0.29) is 0 Å². The van der Waals surface area contributed by atoms with Gasteiger partial charge < -0.3 is 5.32 Å². The Hall–Kier alpha value is -0.0800. The first-order valence-corrected chi connectivity index (χ1v) is 9.19. The van der Waals surface area contributed by atoms with Gasteiger partial charge in [0.1, 0.15) is 0 Å². The van der Waals surface area contributed by atoms with Gasteiger partial charge in [0, 0.05) is 18.6 Å². The number of nitrogens with one attached hydrogen (secondary N) is 1. The van der Waals surface area contributed by atoms with Crippen LogP contribution in [0.2, 0.25) is 0 Å². The average Bonchev–Trinajstić information content (AvgIpc) is 2.87. The van der Waals surface area contributed by atoms with Gasteiger partial charge >= 0.3 is 0 Å². The number of hydrogen-bond acceptors (Lipinski definition) is 2. The zero-order valence-corrected chi connectivity index (χ0v) is 14.0. The second kappa shape index (κ2) is 8.38. The normalized spacial score (nSPS) is 33.3. The van der Waals surface area contributed by atoms with E-state index in [0.29, 0.717) is 0 Å². The van der Waals surface area contributed by atoms with Crippen molar-refractivity contribution in [2.24, 2.45) is 11.8 Å². The van der Waals surface area contributed by atoms with Crippen molar-refractivity contribution in [3.63, 3.8) is 0 Å². The van der Waals surface area contributed by atoms with E-state index in [4.69, 9.17) is 0 Å². The first-order valence-electron chi connectivity index (χ1n) is 9.19. The van der Waals surface area contributed by atoms with E-state index >= 15 is 0 Å². The number of nitrogens with zero attached hydrogens (tertiary/aromatic N) is 1. The summed E-state index contributed by atoms with van der Waals surface area (Å²) in [6.07, 6.45) is 11.3. The van der Waals surface area contributed by atoms with E-state index < -0.39 is 0 Å². The van der Waals surface area contributed by atoms with Gasteiger partial charge in [0.05, 0.1) is 0 Å². The number of hydrogen-bond donors (Lipinski definition) is 1. The van der Waals surface area contributed by atoms with E-state index in [0.717, 1.165) is 23.9 Å². The van der Waals surface area contributed by atoms with Crippen LogP contribution in [0.1, 0.15) is 72.1 Å². The van der Waals surface area contributed by atoms with Crippen LogP contribution >= 0.6 is 0 Å². The highest BCUT2D eigenvalue weighted by Gasteiger charge is 2.33. The van der Waals surface area contributed by atoms with Crippen LogP contribution in [0.15, 0.2) is 0 Å². The van der Waals surface area contributed by atoms with Gasteiger partial charge in [0.2, 0.25) is 0 Å². The molecule has 0 aromatic rings. The molecule has 0 amide bonds. The molecule has 0 aromatic heterocycles. The molecule has 2 rings (SSSR count). The van der Waals surface area contributed by atoms with Crippen LogP contribution in [-0.4, -0.2) is 36.6 Å². The summed E-state index contributed by atoms with van der Waals surface area (Å²) in [7, 11) is 0. The number of likely N-dealkylation sites (tertiary alicyclic amines) is 1. The maximum Gasteiger partial charge on any atom is 0.0249 e. The van der Waals surface area contributed by atoms with Gasteiger partial charge in [-0.1, -0.05) is 46.5 Å². The zero-order valence-electron chi connectivity index (χ0n) is 14.0. The minimum atomic E-state index is 0.751. The highest BCUT2D eigenvalue weighted by molar-refractivity contribution is 4.90. The Bertz CT molecular complexity index is 262. The van der Waals surface area contributed by atoms with Gasteiger partial charge in [-0.15, -0.1) is 0 Å². The molecular weight excluding hydrogens is 244 g/mol. The lowest BCUT2D eigenvalue weighted by Crippen LogP contribution is -2.50. The fourth-order valence-corrected chi connectivity index (χ4v) is 4.13. The van der Waals surface area contributed by atoms with Crippen molar-refractivity contribution in [2.75, 3.05) is 19.6 Å². The second-order valence-electron chi connectivity index (χ2n) is 7.41. The van der Waals surface area contributed by atoms with Crippen molar-refractivity contribution in [3.05, 3.63) is 0 Å². The van der Waals surface area contributed by atoms with Crippen molar-refractivity contribution in [1.82, 2.24) is 10.2 Å². The Morgan fingerprint density at radius 3 is 2.45 bits per heavy atom. The summed E-state index contributed by atoms with van der Waals surface area (Å²) in [5.74, 6) is 1.79. The van der Waals surface area contributed by atoms with E-state index in [1.54, 1.807) is 0 Å². The van der Waals surface area contributed by atoms with Crippen LogP contribution in [0.25, 0.3) is 0 Å². The van der Waals surface area contributed by atoms with E-state index in [9.17, 15) is 0 Å². The van der Waals surface area contributed by atoms with Crippen LogP contribution in [-0.2, 0) is 0 Å². The molecule has 2 nitrogen and oxygen atoms in total. The lowest BCUT2D eigenvalue weighted by Gasteiger charge is -2.37. The maximum absolute atomic E-state index is 3.87. The van der Waals surface area contributed by atoms with E-state index in [1.807, 2.05) is 0 Å². The summed E-state index contributed by atoms with van der Waals surface area (Å²) < 4.78 is 0. The molecule has 2 fully saturated rings. The third kappa shape index (κ3) is 4.46. The largest absolute Gasteiger partial charge is 0.312 e. The zero-order chi connectivity index (χ0) is 14.4. The van der Waals surface area contributed by atoms with Gasteiger partial charge in [-0.3, -0.25) is 4.90 Å². The van der Waals surface area contributed by atoms with Gasteiger partial charge in [0.15, 0.2) is 0 Å². The quantitative estimate of drug-likeness (QED) is 0.817. The molecule has 0 aromatic carbocycles. The molecule has 2 aliphatic rings. The van der Waals surface area contributed by atoms with Gasteiger partial charge in [0.25, 0.3) is 0 Å². The lowest BCUT2D eigenvalue weighted by molar-refractivity contribution is 0.153. The minimum Gasteiger partial charge on any atom is -0.312 e. The van der Waals surface area contributed by atoms with Gasteiger partial charge in [-0.05, 0) is 50.6 Å². The average molecular weight is 280 g/mol. The van der Waals surface area contributed by atoms with E-state index in [1.165, 1.54) is 71.0 Å². The summed E-state index contributed by atoms with van der Waals surface area (Å²) in [4.78, 5) is 2.84. The Labute approximate surface area is 126 Å². The highest BCUT2D eigenvalue weighted by atomic mass is 15.2. The molecule has 0 bridgehead atoms. The van der Waals surface area contributed by atoms with Crippen LogP contribution in [0.3, 0.4) is 0 Å². The first-order chi connectivity index (χ1) is 9.72. The predicted octanol–water partition coefficient (Wildman–Crippen LogP) is 4.06. The fraction of sp³-hybridized carbons (Fsp3) is 1.00. The molecule has 2 heteroatoms. The van der Waals surface area contributed by atoms with Crippen molar-refractivity contribution in [3.8, 4) is 0 Å². The molecule has 1 aliphatic heterocycles. The SMILES string of the molecule is CCCNC1CCCCCCC1N1CCC(C(C)C)C1. The highest BCUT2D eigenvalue weighted by Crippen LogP contribution is 2.30. The molecule has 1 aliphatic carbocycles. The summed E-state index contributed by atoms with van der Waals surface area (Å²) in [5, 5.41) is 3.87. The third-order valence-corrected chi connectivity index (χ3v) is 5.55. The summed E-state index contributed by atoms with van der Waals surface area (Å²) >= 11 is 0. The van der Waals surface area contributed by atoms with Crippen molar-refractivity contribution in [2.45, 2.75) is 84.2 Å². The molecule has 20 heavy (non-hydrogen) atoms. The molecular formula is C18H36N2. The molecule has 1 heterocycles. The minimum absolute atomic E-state index is 0.751. The third-order valence-electron chi connectivity index (χ3n) is 5.55. The Kier molecular flexibility index (Phi) is 6.83. The Morgan fingerprint density at radius 2 is 1.80 bits per heavy atom. The monoisotopic (exact) mass is 280 g/mol. The summed E-state index contributed by atoms with van der Waals surface area (Å²) in [6, 6.07) is 1.56. The molecule has 1 saturated heterocycles. The molecule has 1 saturated carbocycles. The van der Waals surface area contributed by atoms with Crippen LogP contribution in [0, 0.1) is 11.8 Å². The fourth-order valence-electron chi connectivity index (χ4n) is 4.13. The van der Waals surface area contributed by atoms with Crippen molar-refractivity contribution in [1.29, 1.82) is 0 Å². The topological polar surface area (TPSA) is 15.3 Å². The standard InChI is InChI=1S/C18H36N2/c1-4-12-19-17-9-7-5-6-8-10-18(17)20-13-11-16(14-20)15(2)3/h15-19H,4-14H2,1-3H3. The maximum atomic E-state index is 3.87. The smallest absolute Gasteiger partial charge is 0.0249 e. The summed E-state index contributed by atoms with van der Waals surface area (Å²) in [6.45, 7) is 11.0. The van der Waals surface area contributed by atoms with Crippen molar-refractivity contribution >= 4 is 0 Å². The molecule has 1 N–H and O–H groups in total. The van der Waals surface area contributed by atoms with Crippen LogP contribution in [0.5, 0.6) is 0 Å². The molecule has 118 valence electrons. The Balaban J connectivity index is 1.95. The molecule has 3 unspecified atom stereocenters. The lowest BCUT2D eigenvalue weighted by atomic mass is 9.90. The summed E-state index contributed by atoms with van der Waals surface area (Å²) in [5.41, 5.74) is 0. The molecule has 3 atom stereocenters. The number of rotatable bonds is 5. The van der Waals surface area contributed by atoms with Crippen LogP contribution in [0.4, 0.5) is 0 Å². The molecule has 0 radical (unpaired) electrons. The van der Waals surface area contributed by atoms with Gasteiger partial charge in [-0.25, -0.2) is 0 Å². The first kappa shape index (κ1) is 16.3.